The summed E-state index contributed by atoms with van der Waals surface area (Å²) >= 11 is 1.39. The van der Waals surface area contributed by atoms with Gasteiger partial charge in [0.1, 0.15) is 22.5 Å². The summed E-state index contributed by atoms with van der Waals surface area (Å²) in [4.78, 5) is 29.4. The number of nitrogens with zero attached hydrogens (tertiary/aromatic N) is 5. The summed E-state index contributed by atoms with van der Waals surface area (Å²) in [6.07, 6.45) is 7.05. The van der Waals surface area contributed by atoms with Gasteiger partial charge in [-0.3, -0.25) is 9.69 Å². The minimum absolute atomic E-state index is 0.282. The predicted molar refractivity (Wildman–Crippen MR) is 175 cm³/mol. The highest BCUT2D eigenvalue weighted by molar-refractivity contribution is 8.03. The van der Waals surface area contributed by atoms with E-state index in [0.717, 1.165) is 61.3 Å². The molecule has 5 N–H and O–H groups in total. The number of hydrogen-bond acceptors (Lipinski definition) is 11. The van der Waals surface area contributed by atoms with Crippen LogP contribution in [-0.4, -0.2) is 108 Å². The number of piperazine rings is 1. The van der Waals surface area contributed by atoms with Crippen molar-refractivity contribution >= 4 is 61.9 Å². The number of piperidine rings is 1. The number of nitrogens with one attached hydrogen (secondary N) is 3. The number of anilines is 4. The summed E-state index contributed by atoms with van der Waals surface area (Å²) in [5.41, 5.74) is 9.23. The molecule has 0 bridgehead atoms. The molecule has 0 aliphatic carbocycles. The van der Waals surface area contributed by atoms with Crippen LogP contribution >= 0.6 is 11.8 Å². The first-order valence-corrected chi connectivity index (χ1v) is 17.5. The quantitative estimate of drug-likeness (QED) is 0.272. The molecule has 0 radical (unpaired) electrons. The number of primary amides is 1. The van der Waals surface area contributed by atoms with E-state index in [4.69, 9.17) is 15.5 Å². The van der Waals surface area contributed by atoms with Crippen LogP contribution in [0, 0.1) is 6.92 Å². The van der Waals surface area contributed by atoms with E-state index >= 15 is 0 Å². The topological polar surface area (TPSA) is 162 Å². The van der Waals surface area contributed by atoms with Crippen molar-refractivity contribution in [2.45, 2.75) is 37.1 Å². The van der Waals surface area contributed by atoms with E-state index in [-0.39, 0.29) is 11.9 Å². The van der Waals surface area contributed by atoms with Gasteiger partial charge in [0, 0.05) is 63.3 Å². The minimum Gasteiger partial charge on any atom is -0.494 e. The van der Waals surface area contributed by atoms with Gasteiger partial charge < -0.3 is 31.0 Å². The number of aromatic amines is 1. The molecule has 236 valence electrons. The number of nitrogens with two attached hydrogens (primary N) is 1. The van der Waals surface area contributed by atoms with Gasteiger partial charge in [0.15, 0.2) is 0 Å². The van der Waals surface area contributed by atoms with Crippen LogP contribution in [0.3, 0.4) is 0 Å². The largest absolute Gasteiger partial charge is 0.494 e. The van der Waals surface area contributed by atoms with Crippen LogP contribution in [0.4, 0.5) is 23.1 Å². The second-order valence-corrected chi connectivity index (χ2v) is 14.5. The molecule has 3 aliphatic heterocycles. The Hall–Kier alpha value is -3.53. The number of hydrogen-bond donors (Lipinski definition) is 4. The standard InChI is InChI=1S/C29H39N9O4S2/c1-18-16-22(33-29-34-27-20(4-8-31-27)28(35-29)32-21-7-15-43-25(21)26(30)39)24(42-2)17-23(18)37-9-5-19(6-10-37)36-11-13-38(14-12-36)44(3,40)41/h4,7-8,15-17,19,21,25H,5-6,9-14H2,1-3H3,(H2,30,39)(H3,31,32,33,34,35). The molecule has 2 aromatic heterocycles. The van der Waals surface area contributed by atoms with Crippen molar-refractivity contribution in [1.82, 2.24) is 24.2 Å². The lowest BCUT2D eigenvalue weighted by atomic mass is 10.0. The fourth-order valence-electron chi connectivity index (χ4n) is 6.31. The molecular formula is C29H39N9O4S2. The molecule has 2 fully saturated rings. The van der Waals surface area contributed by atoms with Crippen LogP contribution < -0.4 is 26.0 Å². The first-order chi connectivity index (χ1) is 21.1. The highest BCUT2D eigenvalue weighted by atomic mass is 32.2. The third-order valence-corrected chi connectivity index (χ3v) is 11.1. The first-order valence-electron chi connectivity index (χ1n) is 14.7. The number of aryl methyl sites for hydroxylation is 1. The first kappa shape index (κ1) is 30.5. The third kappa shape index (κ3) is 6.32. The van der Waals surface area contributed by atoms with E-state index < -0.39 is 15.3 Å². The van der Waals surface area contributed by atoms with Gasteiger partial charge in [0.25, 0.3) is 0 Å². The van der Waals surface area contributed by atoms with Crippen molar-refractivity contribution in [2.24, 2.45) is 5.73 Å². The van der Waals surface area contributed by atoms with Gasteiger partial charge >= 0.3 is 0 Å². The van der Waals surface area contributed by atoms with E-state index in [1.165, 1.54) is 18.0 Å². The maximum atomic E-state index is 11.9. The molecule has 2 atom stereocenters. The fourth-order valence-corrected chi connectivity index (χ4v) is 8.03. The molecule has 0 spiro atoms. The average Bonchev–Trinajstić information content (AvgIpc) is 3.67. The predicted octanol–water partition coefficient (Wildman–Crippen LogP) is 2.46. The van der Waals surface area contributed by atoms with Crippen molar-refractivity contribution in [3.63, 3.8) is 0 Å². The zero-order valence-electron chi connectivity index (χ0n) is 25.1. The van der Waals surface area contributed by atoms with Crippen LogP contribution in [0.5, 0.6) is 5.75 Å². The summed E-state index contributed by atoms with van der Waals surface area (Å²) in [6.45, 7) is 6.59. The number of amides is 1. The molecule has 3 aliphatic rings. The summed E-state index contributed by atoms with van der Waals surface area (Å²) in [5.74, 6) is 1.27. The van der Waals surface area contributed by atoms with E-state index in [2.05, 4.69) is 49.5 Å². The maximum absolute atomic E-state index is 11.9. The van der Waals surface area contributed by atoms with Crippen molar-refractivity contribution in [3.8, 4) is 5.75 Å². The molecule has 1 aromatic carbocycles. The maximum Gasteiger partial charge on any atom is 0.233 e. The van der Waals surface area contributed by atoms with Crippen LogP contribution in [-0.2, 0) is 14.8 Å². The Morgan fingerprint density at radius 3 is 2.57 bits per heavy atom. The van der Waals surface area contributed by atoms with Gasteiger partial charge in [0.05, 0.1) is 30.5 Å². The van der Waals surface area contributed by atoms with Gasteiger partial charge in [-0.25, -0.2) is 8.42 Å². The van der Waals surface area contributed by atoms with Crippen molar-refractivity contribution in [3.05, 3.63) is 41.4 Å². The molecular weight excluding hydrogens is 603 g/mol. The van der Waals surface area contributed by atoms with E-state index in [9.17, 15) is 13.2 Å². The smallest absolute Gasteiger partial charge is 0.233 e. The van der Waals surface area contributed by atoms with Crippen molar-refractivity contribution in [2.75, 3.05) is 68.2 Å². The number of methoxy groups -OCH3 is 1. The third-order valence-electron chi connectivity index (χ3n) is 8.67. The van der Waals surface area contributed by atoms with Crippen molar-refractivity contribution < 1.29 is 17.9 Å². The molecule has 0 saturated carbocycles. The molecule has 1 amide bonds. The Morgan fingerprint density at radius 2 is 1.89 bits per heavy atom. The summed E-state index contributed by atoms with van der Waals surface area (Å²) in [7, 11) is -1.48. The average molecular weight is 642 g/mol. The zero-order chi connectivity index (χ0) is 31.0. The van der Waals surface area contributed by atoms with Crippen molar-refractivity contribution in [1.29, 1.82) is 0 Å². The molecule has 13 nitrogen and oxygen atoms in total. The summed E-state index contributed by atoms with van der Waals surface area (Å²) in [6, 6.07) is 6.18. The van der Waals surface area contributed by atoms with Gasteiger partial charge in [-0.1, -0.05) is 6.08 Å². The summed E-state index contributed by atoms with van der Waals surface area (Å²) in [5, 5.41) is 8.98. The second-order valence-electron chi connectivity index (χ2n) is 11.5. The highest BCUT2D eigenvalue weighted by Gasteiger charge is 2.31. The second kappa shape index (κ2) is 12.5. The molecule has 3 aromatic rings. The number of aromatic nitrogens is 3. The van der Waals surface area contributed by atoms with Crippen LogP contribution in [0.2, 0.25) is 0 Å². The van der Waals surface area contributed by atoms with Crippen LogP contribution in [0.1, 0.15) is 18.4 Å². The van der Waals surface area contributed by atoms with Gasteiger partial charge in [-0.2, -0.15) is 14.3 Å². The number of rotatable bonds is 9. The Labute approximate surface area is 261 Å². The van der Waals surface area contributed by atoms with Crippen LogP contribution in [0.15, 0.2) is 35.9 Å². The zero-order valence-corrected chi connectivity index (χ0v) is 26.7. The number of ether oxygens (including phenoxy) is 1. The SMILES string of the molecule is COc1cc(N2CCC(N3CCN(S(C)(=O)=O)CC3)CC2)c(C)cc1Nc1nc(NC2C=CSC2C(N)=O)c2cc[nH]c2n1. The van der Waals surface area contributed by atoms with Gasteiger partial charge in [0.2, 0.25) is 21.9 Å². The number of thioether (sulfide) groups is 1. The molecule has 5 heterocycles. The number of carbonyl (C=O) groups excluding carboxylic acids is 1. The monoisotopic (exact) mass is 641 g/mol. The van der Waals surface area contributed by atoms with E-state index in [0.29, 0.717) is 42.3 Å². The summed E-state index contributed by atoms with van der Waals surface area (Å²) < 4.78 is 31.2. The Kier molecular flexibility index (Phi) is 8.64. The lowest BCUT2D eigenvalue weighted by molar-refractivity contribution is -0.117. The highest BCUT2D eigenvalue weighted by Crippen LogP contribution is 2.37. The number of benzene rings is 1. The lowest BCUT2D eigenvalue weighted by Gasteiger charge is -2.43. The molecule has 44 heavy (non-hydrogen) atoms. The van der Waals surface area contributed by atoms with E-state index in [1.54, 1.807) is 17.6 Å². The molecule has 15 heteroatoms. The molecule has 2 saturated heterocycles. The number of fused-ring (bicyclic) bond motifs is 1. The van der Waals surface area contributed by atoms with E-state index in [1.807, 2.05) is 17.6 Å². The normalized spacial score (nSPS) is 22.0. The van der Waals surface area contributed by atoms with Crippen LogP contribution in [0.25, 0.3) is 11.0 Å². The molecule has 6 rings (SSSR count). The number of sulfonamides is 1. The van der Waals surface area contributed by atoms with Gasteiger partial charge in [-0.05, 0) is 42.9 Å². The fraction of sp³-hybridized carbons (Fsp3) is 0.483. The Bertz CT molecular complexity index is 1660. The lowest BCUT2D eigenvalue weighted by Crippen LogP contribution is -2.54. The Morgan fingerprint density at radius 1 is 1.14 bits per heavy atom. The molecule has 2 unspecified atom stereocenters. The number of carbonyl (C=O) groups is 1. The van der Waals surface area contributed by atoms with Gasteiger partial charge in [-0.15, -0.1) is 11.8 Å². The Balaban J connectivity index is 1.15. The number of H-pyrrole nitrogens is 1. The minimum atomic E-state index is -3.13.